The third-order valence-corrected chi connectivity index (χ3v) is 7.33. The largest absolute Gasteiger partial charge is 0.263 e. The van der Waals surface area contributed by atoms with Crippen LogP contribution in [-0.4, -0.2) is 9.97 Å². The fourth-order valence-electron chi connectivity index (χ4n) is 4.56. The third kappa shape index (κ3) is 4.30. The van der Waals surface area contributed by atoms with Gasteiger partial charge in [-0.3, -0.25) is 9.97 Å². The van der Waals surface area contributed by atoms with Crippen molar-refractivity contribution in [3.63, 3.8) is 0 Å². The maximum Gasteiger partial charge on any atom is 0.0708 e. The molecule has 0 aliphatic heterocycles. The first-order valence-corrected chi connectivity index (χ1v) is 12.5. The van der Waals surface area contributed by atoms with Gasteiger partial charge in [-0.25, -0.2) is 0 Å². The molecule has 0 spiro atoms. The summed E-state index contributed by atoms with van der Waals surface area (Å²) in [5.41, 5.74) is 5.91. The van der Waals surface area contributed by atoms with E-state index in [1.165, 1.54) is 42.4 Å². The SMILES string of the molecule is CC(C)Cc1cc2cncc(-c3ccnc(-c4cc(C(C)(C)C)c5ccccc5c4)c3)c2s1. The van der Waals surface area contributed by atoms with Crippen LogP contribution in [-0.2, 0) is 11.8 Å². The van der Waals surface area contributed by atoms with Crippen LogP contribution in [0.5, 0.6) is 0 Å². The molecule has 5 rings (SSSR count). The van der Waals surface area contributed by atoms with E-state index in [1.54, 1.807) is 0 Å². The minimum atomic E-state index is 0.0481. The molecule has 5 aromatic rings. The molecule has 3 heterocycles. The third-order valence-electron chi connectivity index (χ3n) is 6.12. The Hall–Kier alpha value is -3.04. The minimum Gasteiger partial charge on any atom is -0.263 e. The van der Waals surface area contributed by atoms with Crippen molar-refractivity contribution in [2.24, 2.45) is 5.92 Å². The van der Waals surface area contributed by atoms with Crippen LogP contribution < -0.4 is 0 Å². The number of fused-ring (bicyclic) bond motifs is 2. The first kappa shape index (κ1) is 21.8. The van der Waals surface area contributed by atoms with Gasteiger partial charge in [-0.15, -0.1) is 11.3 Å². The fourth-order valence-corrected chi connectivity index (χ4v) is 5.93. The molecule has 0 bridgehead atoms. The van der Waals surface area contributed by atoms with Gasteiger partial charge in [-0.1, -0.05) is 58.9 Å². The standard InChI is InChI=1S/C30H30N2S/c1-19(2)12-24-14-23-17-31-18-26(29(23)33-24)21-10-11-32-28(16-21)22-13-20-8-6-7-9-25(20)27(15-22)30(3,4)5/h6-11,13-19H,12H2,1-5H3. The van der Waals surface area contributed by atoms with Crippen LogP contribution in [0.2, 0.25) is 0 Å². The predicted molar refractivity (Wildman–Crippen MR) is 143 cm³/mol. The average molecular weight is 451 g/mol. The summed E-state index contributed by atoms with van der Waals surface area (Å²) in [5, 5.41) is 3.80. The van der Waals surface area contributed by atoms with Crippen LogP contribution >= 0.6 is 11.3 Å². The van der Waals surface area contributed by atoms with Crippen LogP contribution in [0, 0.1) is 5.92 Å². The van der Waals surface area contributed by atoms with E-state index in [-0.39, 0.29) is 5.41 Å². The second kappa shape index (κ2) is 8.39. The molecule has 2 nitrogen and oxygen atoms in total. The Labute approximate surface area is 200 Å². The number of rotatable bonds is 4. The van der Waals surface area contributed by atoms with E-state index >= 15 is 0 Å². The Morgan fingerprint density at radius 3 is 2.48 bits per heavy atom. The summed E-state index contributed by atoms with van der Waals surface area (Å²) in [6, 6.07) is 19.9. The zero-order chi connectivity index (χ0) is 23.2. The maximum atomic E-state index is 4.77. The molecule has 2 aromatic carbocycles. The maximum absolute atomic E-state index is 4.77. The quantitative estimate of drug-likeness (QED) is 0.274. The normalized spacial score (nSPS) is 12.2. The van der Waals surface area contributed by atoms with Crippen LogP contribution in [0.4, 0.5) is 0 Å². The van der Waals surface area contributed by atoms with Gasteiger partial charge in [0.2, 0.25) is 0 Å². The highest BCUT2D eigenvalue weighted by molar-refractivity contribution is 7.19. The van der Waals surface area contributed by atoms with Crippen molar-refractivity contribution >= 4 is 32.2 Å². The minimum absolute atomic E-state index is 0.0481. The Kier molecular flexibility index (Phi) is 5.54. The Morgan fingerprint density at radius 1 is 0.879 bits per heavy atom. The van der Waals surface area contributed by atoms with Gasteiger partial charge >= 0.3 is 0 Å². The number of aromatic nitrogens is 2. The smallest absolute Gasteiger partial charge is 0.0708 e. The van der Waals surface area contributed by atoms with Gasteiger partial charge in [0, 0.05) is 44.7 Å². The lowest BCUT2D eigenvalue weighted by atomic mass is 9.82. The van der Waals surface area contributed by atoms with E-state index in [2.05, 4.69) is 94.2 Å². The topological polar surface area (TPSA) is 25.8 Å². The summed E-state index contributed by atoms with van der Waals surface area (Å²) in [6.45, 7) is 11.4. The molecule has 0 unspecified atom stereocenters. The van der Waals surface area contributed by atoms with E-state index < -0.39 is 0 Å². The fraction of sp³-hybridized carbons (Fsp3) is 0.267. The van der Waals surface area contributed by atoms with E-state index in [9.17, 15) is 0 Å². The van der Waals surface area contributed by atoms with Crippen molar-refractivity contribution in [3.8, 4) is 22.4 Å². The Bertz CT molecular complexity index is 1450. The highest BCUT2D eigenvalue weighted by Gasteiger charge is 2.19. The van der Waals surface area contributed by atoms with E-state index in [1.807, 2.05) is 29.9 Å². The molecule has 3 heteroatoms. The van der Waals surface area contributed by atoms with Crippen molar-refractivity contribution in [1.82, 2.24) is 9.97 Å². The van der Waals surface area contributed by atoms with Gasteiger partial charge in [-0.05, 0) is 70.0 Å². The van der Waals surface area contributed by atoms with Crippen molar-refractivity contribution in [2.45, 2.75) is 46.5 Å². The first-order chi connectivity index (χ1) is 15.8. The summed E-state index contributed by atoms with van der Waals surface area (Å²) in [5.74, 6) is 0.645. The summed E-state index contributed by atoms with van der Waals surface area (Å²) < 4.78 is 1.31. The van der Waals surface area contributed by atoms with Crippen molar-refractivity contribution in [3.05, 3.63) is 83.6 Å². The molecule has 0 aliphatic rings. The van der Waals surface area contributed by atoms with Gasteiger partial charge in [-0.2, -0.15) is 0 Å². The Morgan fingerprint density at radius 2 is 1.70 bits per heavy atom. The number of nitrogens with zero attached hydrogens (tertiary/aromatic N) is 2. The molecule has 0 radical (unpaired) electrons. The second-order valence-electron chi connectivity index (χ2n) is 10.3. The zero-order valence-electron chi connectivity index (χ0n) is 20.0. The molecular formula is C30H30N2S. The molecule has 3 aromatic heterocycles. The van der Waals surface area contributed by atoms with Gasteiger partial charge in [0.25, 0.3) is 0 Å². The molecule has 0 amide bonds. The number of benzene rings is 2. The van der Waals surface area contributed by atoms with Gasteiger partial charge in [0.05, 0.1) is 5.69 Å². The summed E-state index contributed by atoms with van der Waals surface area (Å²) >= 11 is 1.90. The van der Waals surface area contributed by atoms with Crippen LogP contribution in [0.25, 0.3) is 43.2 Å². The lowest BCUT2D eigenvalue weighted by molar-refractivity contribution is 0.596. The molecular weight excluding hydrogens is 420 g/mol. The monoisotopic (exact) mass is 450 g/mol. The molecule has 0 atom stereocenters. The number of hydrogen-bond donors (Lipinski definition) is 0. The van der Waals surface area contributed by atoms with Gasteiger partial charge < -0.3 is 0 Å². The Balaban J connectivity index is 1.64. The van der Waals surface area contributed by atoms with Gasteiger partial charge in [0.15, 0.2) is 0 Å². The predicted octanol–water partition coefficient (Wildman–Crippen LogP) is 8.67. The molecule has 166 valence electrons. The van der Waals surface area contributed by atoms with Crippen molar-refractivity contribution in [2.75, 3.05) is 0 Å². The lowest BCUT2D eigenvalue weighted by Crippen LogP contribution is -2.12. The van der Waals surface area contributed by atoms with E-state index in [0.29, 0.717) is 5.92 Å². The van der Waals surface area contributed by atoms with Crippen molar-refractivity contribution in [1.29, 1.82) is 0 Å². The summed E-state index contributed by atoms with van der Waals surface area (Å²) in [6.07, 6.45) is 7.02. The molecule has 0 fully saturated rings. The van der Waals surface area contributed by atoms with Crippen LogP contribution in [0.3, 0.4) is 0 Å². The molecule has 0 N–H and O–H groups in total. The lowest BCUT2D eigenvalue weighted by Gasteiger charge is -2.22. The van der Waals surface area contributed by atoms with E-state index in [4.69, 9.17) is 4.98 Å². The average Bonchev–Trinajstić information content (AvgIpc) is 3.19. The summed E-state index contributed by atoms with van der Waals surface area (Å²) in [4.78, 5) is 10.8. The van der Waals surface area contributed by atoms with E-state index in [0.717, 1.165) is 17.7 Å². The highest BCUT2D eigenvalue weighted by atomic mass is 32.1. The second-order valence-corrected chi connectivity index (χ2v) is 11.5. The molecule has 0 saturated heterocycles. The first-order valence-electron chi connectivity index (χ1n) is 11.7. The van der Waals surface area contributed by atoms with Crippen LogP contribution in [0.15, 0.2) is 73.2 Å². The molecule has 33 heavy (non-hydrogen) atoms. The number of hydrogen-bond acceptors (Lipinski definition) is 3. The summed E-state index contributed by atoms with van der Waals surface area (Å²) in [7, 11) is 0. The van der Waals surface area contributed by atoms with Crippen molar-refractivity contribution < 1.29 is 0 Å². The zero-order valence-corrected chi connectivity index (χ0v) is 20.8. The highest BCUT2D eigenvalue weighted by Crippen LogP contribution is 2.38. The number of pyridine rings is 2. The number of thiophene rings is 1. The van der Waals surface area contributed by atoms with Crippen LogP contribution in [0.1, 0.15) is 45.1 Å². The molecule has 0 saturated carbocycles. The molecule has 0 aliphatic carbocycles. The van der Waals surface area contributed by atoms with Gasteiger partial charge in [0.1, 0.15) is 0 Å².